The van der Waals surface area contributed by atoms with Crippen LogP contribution in [0.3, 0.4) is 0 Å². The zero-order chi connectivity index (χ0) is 55.7. The molecular weight excluding hydrogens is 949 g/mol. The zero-order valence-corrected chi connectivity index (χ0v) is 50.4. The molecule has 0 amide bonds. The normalized spacial score (nSPS) is 12.8. The highest BCUT2D eigenvalue weighted by atomic mass is 16.6. The van der Waals surface area contributed by atoms with Crippen molar-refractivity contribution in [2.24, 2.45) is 0 Å². The summed E-state index contributed by atoms with van der Waals surface area (Å²) in [6.07, 6.45) is 88.1. The second-order valence-electron chi connectivity index (χ2n) is 21.3. The van der Waals surface area contributed by atoms with E-state index >= 15 is 0 Å². The maximum absolute atomic E-state index is 12.9. The number of carbonyl (C=O) groups is 3. The summed E-state index contributed by atoms with van der Waals surface area (Å²) >= 11 is 0. The number of esters is 3. The third-order valence-electron chi connectivity index (χ3n) is 13.7. The highest BCUT2D eigenvalue weighted by molar-refractivity contribution is 5.71. The first-order chi connectivity index (χ1) is 38.0. The standard InChI is InChI=1S/C71H120O6/c1-4-7-10-13-16-19-22-25-27-28-29-30-31-32-33-34-35-36-37-38-39-40-41-42-44-46-49-52-55-58-61-64-70(73)76-67-68(66-75-69(72)63-60-57-54-51-48-45-24-21-18-15-12-9-6-3)77-71(74)65-62-59-56-53-50-47-43-26-23-20-17-14-11-8-5-2/h7,10,16-17,19-21,24-27,29-30,32-33,35-36,43,68H,4-6,8-9,11-15,18,22-23,28,31,34,37-42,44-67H2,1-3H3/b10-7-,19-16-,20-17-,24-21-,27-25-,30-29-,33-32-,36-35-,43-26-. The first-order valence-corrected chi connectivity index (χ1v) is 32.4. The molecule has 0 aromatic carbocycles. The molecule has 0 heterocycles. The first-order valence-electron chi connectivity index (χ1n) is 32.4. The van der Waals surface area contributed by atoms with Crippen molar-refractivity contribution in [3.8, 4) is 0 Å². The van der Waals surface area contributed by atoms with Crippen LogP contribution in [-0.2, 0) is 28.6 Å². The maximum Gasteiger partial charge on any atom is 0.306 e. The van der Waals surface area contributed by atoms with Crippen LogP contribution in [0.4, 0.5) is 0 Å². The van der Waals surface area contributed by atoms with Crippen LogP contribution in [0.1, 0.15) is 303 Å². The Labute approximate surface area is 476 Å². The van der Waals surface area contributed by atoms with Gasteiger partial charge in [-0.05, 0) is 128 Å². The van der Waals surface area contributed by atoms with Crippen LogP contribution >= 0.6 is 0 Å². The van der Waals surface area contributed by atoms with Crippen LogP contribution in [0.25, 0.3) is 0 Å². The number of hydrogen-bond acceptors (Lipinski definition) is 6. The number of ether oxygens (including phenoxy) is 3. The smallest absolute Gasteiger partial charge is 0.306 e. The molecule has 0 aromatic rings. The van der Waals surface area contributed by atoms with Gasteiger partial charge in [0.15, 0.2) is 6.10 Å². The second-order valence-corrected chi connectivity index (χ2v) is 21.3. The van der Waals surface area contributed by atoms with Gasteiger partial charge in [-0.3, -0.25) is 14.4 Å². The fourth-order valence-electron chi connectivity index (χ4n) is 8.88. The van der Waals surface area contributed by atoms with Gasteiger partial charge in [-0.1, -0.05) is 265 Å². The topological polar surface area (TPSA) is 78.9 Å². The molecular formula is C71H120O6. The number of carbonyl (C=O) groups excluding carboxylic acids is 3. The van der Waals surface area contributed by atoms with Crippen molar-refractivity contribution in [3.63, 3.8) is 0 Å². The number of allylic oxidation sites excluding steroid dienone is 18. The van der Waals surface area contributed by atoms with Crippen molar-refractivity contribution in [1.82, 2.24) is 0 Å². The zero-order valence-electron chi connectivity index (χ0n) is 50.4. The third kappa shape index (κ3) is 62.8. The largest absolute Gasteiger partial charge is 0.462 e. The molecule has 0 radical (unpaired) electrons. The molecule has 0 aliphatic heterocycles. The van der Waals surface area contributed by atoms with Crippen LogP contribution in [-0.4, -0.2) is 37.2 Å². The molecule has 0 aliphatic carbocycles. The third-order valence-corrected chi connectivity index (χ3v) is 13.7. The van der Waals surface area contributed by atoms with Crippen molar-refractivity contribution in [2.75, 3.05) is 13.2 Å². The van der Waals surface area contributed by atoms with Gasteiger partial charge >= 0.3 is 17.9 Å². The summed E-state index contributed by atoms with van der Waals surface area (Å²) < 4.78 is 16.9. The Hall–Kier alpha value is -3.93. The Balaban J connectivity index is 4.24. The summed E-state index contributed by atoms with van der Waals surface area (Å²) in [5, 5.41) is 0. The average Bonchev–Trinajstić information content (AvgIpc) is 3.43. The van der Waals surface area contributed by atoms with E-state index in [1.807, 2.05) is 0 Å². The molecule has 0 bridgehead atoms. The Kier molecular flexibility index (Phi) is 61.3. The Morgan fingerprint density at radius 1 is 0.273 bits per heavy atom. The molecule has 0 saturated carbocycles. The molecule has 0 N–H and O–H groups in total. The molecule has 6 heteroatoms. The molecule has 0 rings (SSSR count). The molecule has 1 atom stereocenters. The van der Waals surface area contributed by atoms with Gasteiger partial charge in [-0.2, -0.15) is 0 Å². The fourth-order valence-corrected chi connectivity index (χ4v) is 8.88. The van der Waals surface area contributed by atoms with E-state index in [2.05, 4.69) is 130 Å². The minimum atomic E-state index is -0.790. The maximum atomic E-state index is 12.9. The van der Waals surface area contributed by atoms with Crippen LogP contribution in [0.2, 0.25) is 0 Å². The van der Waals surface area contributed by atoms with Crippen molar-refractivity contribution in [2.45, 2.75) is 309 Å². The van der Waals surface area contributed by atoms with Gasteiger partial charge in [0.05, 0.1) is 0 Å². The molecule has 0 saturated heterocycles. The SMILES string of the molecule is CC/C=C\C/C=C\C/C=C\C/C=C\C/C=C\C/C=C\CCCCCCCCCCCCCCC(=O)OCC(COC(=O)CCCCCCC/C=C\CCCCCC)OC(=O)CCCCCCC/C=C\C/C=C\CCCCC. The highest BCUT2D eigenvalue weighted by Crippen LogP contribution is 2.16. The first kappa shape index (κ1) is 73.1. The van der Waals surface area contributed by atoms with E-state index in [0.717, 1.165) is 128 Å². The molecule has 440 valence electrons. The van der Waals surface area contributed by atoms with E-state index < -0.39 is 6.10 Å². The van der Waals surface area contributed by atoms with Gasteiger partial charge in [-0.15, -0.1) is 0 Å². The van der Waals surface area contributed by atoms with Crippen LogP contribution in [0.15, 0.2) is 109 Å². The van der Waals surface area contributed by atoms with Gasteiger partial charge in [0.25, 0.3) is 0 Å². The van der Waals surface area contributed by atoms with E-state index in [1.54, 1.807) is 0 Å². The van der Waals surface area contributed by atoms with Gasteiger partial charge in [0.1, 0.15) is 13.2 Å². The van der Waals surface area contributed by atoms with Crippen molar-refractivity contribution >= 4 is 17.9 Å². The molecule has 0 aromatic heterocycles. The summed E-state index contributed by atoms with van der Waals surface area (Å²) in [6, 6.07) is 0. The van der Waals surface area contributed by atoms with Gasteiger partial charge in [0, 0.05) is 19.3 Å². The van der Waals surface area contributed by atoms with E-state index in [1.165, 1.54) is 135 Å². The number of hydrogen-bond donors (Lipinski definition) is 0. The number of unbranched alkanes of at least 4 members (excludes halogenated alkanes) is 29. The summed E-state index contributed by atoms with van der Waals surface area (Å²) in [5.41, 5.74) is 0. The van der Waals surface area contributed by atoms with Crippen molar-refractivity contribution in [1.29, 1.82) is 0 Å². The lowest BCUT2D eigenvalue weighted by atomic mass is 10.0. The summed E-state index contributed by atoms with van der Waals surface area (Å²) in [4.78, 5) is 38.3. The Bertz CT molecular complexity index is 1560. The molecule has 0 spiro atoms. The monoisotopic (exact) mass is 1070 g/mol. The lowest BCUT2D eigenvalue weighted by Gasteiger charge is -2.18. The van der Waals surface area contributed by atoms with Crippen molar-refractivity contribution < 1.29 is 28.6 Å². The molecule has 1 unspecified atom stereocenters. The van der Waals surface area contributed by atoms with Gasteiger partial charge in [0.2, 0.25) is 0 Å². The Morgan fingerprint density at radius 2 is 0.506 bits per heavy atom. The fraction of sp³-hybridized carbons (Fsp3) is 0.704. The summed E-state index contributed by atoms with van der Waals surface area (Å²) in [5.74, 6) is -0.904. The molecule has 6 nitrogen and oxygen atoms in total. The predicted molar refractivity (Wildman–Crippen MR) is 334 cm³/mol. The van der Waals surface area contributed by atoms with Gasteiger partial charge in [-0.25, -0.2) is 0 Å². The highest BCUT2D eigenvalue weighted by Gasteiger charge is 2.19. The summed E-state index contributed by atoms with van der Waals surface area (Å²) in [7, 11) is 0. The molecule has 0 fully saturated rings. The van der Waals surface area contributed by atoms with Crippen LogP contribution < -0.4 is 0 Å². The van der Waals surface area contributed by atoms with Crippen molar-refractivity contribution in [3.05, 3.63) is 109 Å². The van der Waals surface area contributed by atoms with E-state index in [9.17, 15) is 14.4 Å². The molecule has 77 heavy (non-hydrogen) atoms. The van der Waals surface area contributed by atoms with E-state index in [4.69, 9.17) is 14.2 Å². The quantitative estimate of drug-likeness (QED) is 0.0261. The lowest BCUT2D eigenvalue weighted by molar-refractivity contribution is -0.167. The Morgan fingerprint density at radius 3 is 0.831 bits per heavy atom. The van der Waals surface area contributed by atoms with Crippen LogP contribution in [0, 0.1) is 0 Å². The predicted octanol–water partition coefficient (Wildman–Crippen LogP) is 22.2. The minimum absolute atomic E-state index is 0.0866. The second kappa shape index (κ2) is 64.6. The molecule has 0 aliphatic rings. The minimum Gasteiger partial charge on any atom is -0.462 e. The number of rotatable bonds is 58. The van der Waals surface area contributed by atoms with Crippen LogP contribution in [0.5, 0.6) is 0 Å². The average molecular weight is 1070 g/mol. The van der Waals surface area contributed by atoms with E-state index in [0.29, 0.717) is 19.3 Å². The van der Waals surface area contributed by atoms with Gasteiger partial charge < -0.3 is 14.2 Å². The lowest BCUT2D eigenvalue weighted by Crippen LogP contribution is -2.30. The summed E-state index contributed by atoms with van der Waals surface area (Å²) in [6.45, 7) is 6.48. The van der Waals surface area contributed by atoms with E-state index in [-0.39, 0.29) is 31.1 Å².